The summed E-state index contributed by atoms with van der Waals surface area (Å²) >= 11 is 0. The molecular formula is C60H59NO3. The van der Waals surface area contributed by atoms with Crippen molar-refractivity contribution in [2.24, 2.45) is 5.92 Å². The summed E-state index contributed by atoms with van der Waals surface area (Å²) in [4.78, 5) is 2.48. The summed E-state index contributed by atoms with van der Waals surface area (Å²) in [5, 5.41) is 5.02. The van der Waals surface area contributed by atoms with Crippen LogP contribution in [0.25, 0.3) is 49.9 Å². The van der Waals surface area contributed by atoms with Crippen molar-refractivity contribution in [2.75, 3.05) is 44.4 Å². The highest BCUT2D eigenvalue weighted by Gasteiger charge is 2.47. The summed E-state index contributed by atoms with van der Waals surface area (Å²) in [6.07, 6.45) is 11.5. The first-order valence-electron chi connectivity index (χ1n) is 24.1. The Morgan fingerprint density at radius 1 is 0.625 bits per heavy atom. The molecule has 0 N–H and O–H groups in total. The number of ether oxygens (including phenoxy) is 3. The van der Waals surface area contributed by atoms with E-state index in [4.69, 9.17) is 14.2 Å². The van der Waals surface area contributed by atoms with Crippen molar-refractivity contribution in [2.45, 2.75) is 82.7 Å². The third kappa shape index (κ3) is 5.94. The lowest BCUT2D eigenvalue weighted by atomic mass is 9.71. The number of hydrogen-bond acceptors (Lipinski definition) is 4. The van der Waals surface area contributed by atoms with Gasteiger partial charge in [0, 0.05) is 64.9 Å². The molecule has 7 aromatic carbocycles. The molecule has 2 saturated heterocycles. The molecule has 0 aromatic heterocycles. The van der Waals surface area contributed by atoms with E-state index in [1.54, 1.807) is 0 Å². The lowest BCUT2D eigenvalue weighted by Crippen LogP contribution is -2.36. The topological polar surface area (TPSA) is 30.9 Å². The zero-order chi connectivity index (χ0) is 43.2. The molecule has 2 aliphatic carbocycles. The van der Waals surface area contributed by atoms with Gasteiger partial charge in [-0.1, -0.05) is 125 Å². The van der Waals surface area contributed by atoms with E-state index in [1.165, 1.54) is 89.3 Å². The van der Waals surface area contributed by atoms with Gasteiger partial charge in [0.25, 0.3) is 0 Å². The van der Waals surface area contributed by atoms with Crippen LogP contribution in [0.15, 0.2) is 127 Å². The Morgan fingerprint density at radius 3 is 2.17 bits per heavy atom. The molecule has 64 heavy (non-hydrogen) atoms. The minimum Gasteiger partial charge on any atom is -0.472 e. The van der Waals surface area contributed by atoms with Crippen molar-refractivity contribution in [3.05, 3.63) is 172 Å². The Morgan fingerprint density at radius 2 is 1.36 bits per heavy atom. The molecule has 322 valence electrons. The summed E-state index contributed by atoms with van der Waals surface area (Å²) in [5.41, 5.74) is 15.9. The maximum absolute atomic E-state index is 8.08. The maximum Gasteiger partial charge on any atom is 0.178 e. The van der Waals surface area contributed by atoms with Crippen molar-refractivity contribution in [1.82, 2.24) is 0 Å². The molecule has 2 fully saturated rings. The van der Waals surface area contributed by atoms with Gasteiger partial charge < -0.3 is 19.1 Å². The molecule has 0 amide bonds. The minimum atomic E-state index is -0.880. The molecule has 4 nitrogen and oxygen atoms in total. The highest BCUT2D eigenvalue weighted by atomic mass is 16.5. The largest absolute Gasteiger partial charge is 0.472 e. The Hall–Kier alpha value is -5.68. The third-order valence-electron chi connectivity index (χ3n) is 16.3. The monoisotopic (exact) mass is 841 g/mol. The molecule has 12 rings (SSSR count). The lowest BCUT2D eigenvalue weighted by molar-refractivity contribution is 0.122. The van der Waals surface area contributed by atoms with E-state index >= 15 is 0 Å². The van der Waals surface area contributed by atoms with Gasteiger partial charge in [-0.3, -0.25) is 0 Å². The fourth-order valence-electron chi connectivity index (χ4n) is 12.7. The first-order valence-corrected chi connectivity index (χ1v) is 24.1. The first kappa shape index (κ1) is 39.9. The normalized spacial score (nSPS) is 21.4. The van der Waals surface area contributed by atoms with Crippen LogP contribution >= 0.6 is 0 Å². The van der Waals surface area contributed by atoms with Crippen LogP contribution in [0, 0.1) is 5.92 Å². The van der Waals surface area contributed by atoms with Crippen LogP contribution in [0.4, 0.5) is 5.69 Å². The zero-order valence-corrected chi connectivity index (χ0v) is 37.9. The molecule has 2 unspecified atom stereocenters. The summed E-state index contributed by atoms with van der Waals surface area (Å²) in [6.45, 7) is 14.6. The molecule has 4 heteroatoms. The van der Waals surface area contributed by atoms with Crippen molar-refractivity contribution in [1.29, 1.82) is 0 Å². The Labute approximate surface area is 378 Å². The van der Waals surface area contributed by atoms with E-state index in [2.05, 4.69) is 166 Å². The van der Waals surface area contributed by atoms with Crippen LogP contribution in [0.1, 0.15) is 104 Å². The fraction of sp³-hybridized carbons (Fsp3) is 0.333. The molecule has 2 atom stereocenters. The molecular weight excluding hydrogens is 783 g/mol. The van der Waals surface area contributed by atoms with Gasteiger partial charge in [0.15, 0.2) is 5.60 Å². The van der Waals surface area contributed by atoms with Gasteiger partial charge in [0.05, 0.1) is 13.2 Å². The second-order valence-corrected chi connectivity index (χ2v) is 19.8. The van der Waals surface area contributed by atoms with Crippen LogP contribution < -0.4 is 9.64 Å². The highest BCUT2D eigenvalue weighted by molar-refractivity contribution is 6.09. The Bertz CT molecular complexity index is 2990. The zero-order valence-electron chi connectivity index (χ0n) is 37.9. The van der Waals surface area contributed by atoms with Crippen molar-refractivity contribution >= 4 is 33.3 Å². The molecule has 0 bridgehead atoms. The molecule has 0 radical (unpaired) electrons. The second-order valence-electron chi connectivity index (χ2n) is 19.8. The van der Waals surface area contributed by atoms with Gasteiger partial charge >= 0.3 is 0 Å². The molecule has 5 aliphatic rings. The predicted molar refractivity (Wildman–Crippen MR) is 264 cm³/mol. The number of benzene rings is 7. The Balaban J connectivity index is 1.08. The van der Waals surface area contributed by atoms with Crippen LogP contribution in [0.2, 0.25) is 0 Å². The number of nitrogens with zero attached hydrogens (tertiary/aromatic N) is 1. The van der Waals surface area contributed by atoms with E-state index in [0.29, 0.717) is 5.92 Å². The van der Waals surface area contributed by atoms with Gasteiger partial charge in [0.1, 0.15) is 5.75 Å². The van der Waals surface area contributed by atoms with Crippen LogP contribution in [0.3, 0.4) is 0 Å². The maximum atomic E-state index is 8.08. The van der Waals surface area contributed by atoms with E-state index in [-0.39, 0.29) is 10.8 Å². The summed E-state index contributed by atoms with van der Waals surface area (Å²) < 4.78 is 19.8. The fourth-order valence-corrected chi connectivity index (χ4v) is 12.7. The number of rotatable bonds is 7. The number of hydrogen-bond donors (Lipinski definition) is 0. The Kier molecular flexibility index (Phi) is 9.48. The van der Waals surface area contributed by atoms with Gasteiger partial charge in [-0.15, -0.1) is 0 Å². The number of morpholine rings is 1. The molecule has 7 aromatic rings. The first-order chi connectivity index (χ1) is 31.3. The summed E-state index contributed by atoms with van der Waals surface area (Å²) in [6, 6.07) is 46.7. The lowest BCUT2D eigenvalue weighted by Gasteiger charge is -2.40. The molecule has 3 heterocycles. The van der Waals surface area contributed by atoms with Gasteiger partial charge in [-0.2, -0.15) is 0 Å². The summed E-state index contributed by atoms with van der Waals surface area (Å²) in [5.74, 6) is 1.63. The second kappa shape index (κ2) is 15.2. The third-order valence-corrected chi connectivity index (χ3v) is 16.3. The molecule has 3 aliphatic heterocycles. The SMILES string of the molecule is CCC1(CC)c2ccccc2-c2c1c1c(c3cc(N4CCOCC4)ccc23)OC(c2ccc(CC3CCCOCC3)cc2)(c2ccc3c(c2)C(C)(C)c2cc4ccccc4cc2-3)C=C1. The predicted octanol–water partition coefficient (Wildman–Crippen LogP) is 13.9. The van der Waals surface area contributed by atoms with Crippen molar-refractivity contribution in [3.63, 3.8) is 0 Å². The highest BCUT2D eigenvalue weighted by Crippen LogP contribution is 2.61. The van der Waals surface area contributed by atoms with Crippen LogP contribution in [-0.2, 0) is 32.3 Å². The number of anilines is 1. The van der Waals surface area contributed by atoms with Gasteiger partial charge in [0.2, 0.25) is 0 Å². The quantitative estimate of drug-likeness (QED) is 0.160. The van der Waals surface area contributed by atoms with Gasteiger partial charge in [-0.05, 0) is 147 Å². The van der Waals surface area contributed by atoms with E-state index < -0.39 is 5.60 Å². The van der Waals surface area contributed by atoms with Gasteiger partial charge in [-0.25, -0.2) is 0 Å². The van der Waals surface area contributed by atoms with E-state index in [1.807, 2.05) is 0 Å². The van der Waals surface area contributed by atoms with Crippen LogP contribution in [-0.4, -0.2) is 39.5 Å². The van der Waals surface area contributed by atoms with Crippen molar-refractivity contribution < 1.29 is 14.2 Å². The van der Waals surface area contributed by atoms with Crippen molar-refractivity contribution in [3.8, 4) is 28.0 Å². The van der Waals surface area contributed by atoms with E-state index in [9.17, 15) is 0 Å². The number of fused-ring (bicyclic) bond motifs is 12. The summed E-state index contributed by atoms with van der Waals surface area (Å²) in [7, 11) is 0. The smallest absolute Gasteiger partial charge is 0.178 e. The molecule has 0 saturated carbocycles. The average Bonchev–Trinajstić information content (AvgIpc) is 3.58. The standard InChI is InChI=1S/C60H59NO3/c1-5-59(6-2)52-16-10-9-15-48(52)55-47-24-22-45(61-28-32-63-33-29-61)38-51(47)57-49(56(55)59)25-27-60(64-57,43-19-17-40(18-20-43)34-39-12-11-30-62-31-26-39)44-21-23-46-50-35-41-13-7-8-14-42(41)36-53(50)58(3,4)54(46)37-44/h7-10,13-25,27,35-39H,5-6,11-12,26,28-34H2,1-4H3. The average molecular weight is 842 g/mol. The van der Waals surface area contributed by atoms with Crippen LogP contribution in [0.5, 0.6) is 5.75 Å². The van der Waals surface area contributed by atoms with E-state index in [0.717, 1.165) is 88.5 Å². The molecule has 0 spiro atoms. The minimum absolute atomic E-state index is 0.127.